The molecule has 16 nitrogen and oxygen atoms in total. The molecule has 7 atom stereocenters. The van der Waals surface area contributed by atoms with Crippen molar-refractivity contribution in [2.75, 3.05) is 44.9 Å². The number of alkyl carbamates (subject to hydrolysis) is 1. The summed E-state index contributed by atoms with van der Waals surface area (Å²) in [5.74, 6) is -2.93. The minimum atomic E-state index is -4.92. The summed E-state index contributed by atoms with van der Waals surface area (Å²) in [6.07, 6.45) is 0.268. The van der Waals surface area contributed by atoms with Crippen molar-refractivity contribution in [3.63, 3.8) is 0 Å². The summed E-state index contributed by atoms with van der Waals surface area (Å²) in [7, 11) is -2.54. The van der Waals surface area contributed by atoms with Gasteiger partial charge in [-0.3, -0.25) is 19.1 Å². The normalized spacial score (nSPS) is 29.0. The van der Waals surface area contributed by atoms with E-state index < -0.39 is 85.9 Å². The van der Waals surface area contributed by atoms with E-state index in [9.17, 15) is 40.8 Å². The average Bonchev–Trinajstić information content (AvgIpc) is 4.10. The van der Waals surface area contributed by atoms with E-state index in [-0.39, 0.29) is 31.2 Å². The number of amides is 4. The first kappa shape index (κ1) is 46.2. The van der Waals surface area contributed by atoms with E-state index in [0.29, 0.717) is 83.4 Å². The molecule has 346 valence electrons. The summed E-state index contributed by atoms with van der Waals surface area (Å²) in [6.45, 7) is 8.65. The van der Waals surface area contributed by atoms with Crippen LogP contribution in [0, 0.1) is 17.8 Å². The SMILES string of the molecule is COc1ccc2c(O[C@@H]3C[C@H]4C(=O)N[C@]5(C(=O)NS(=O)(=O)C6(C)CC6)C[C@H]5C=CCC[C@@H](C)C[C@@H](C)[C@H](NC(=O)OC(C)(C)C(F)(F)F)C(=O)N4C3)ncc(N3CCOCC3)c2c1. The van der Waals surface area contributed by atoms with Crippen LogP contribution >= 0.6 is 0 Å². The molecule has 0 radical (unpaired) electrons. The Hall–Kier alpha value is -4.85. The van der Waals surface area contributed by atoms with E-state index in [1.807, 2.05) is 19.1 Å². The maximum Gasteiger partial charge on any atom is 0.427 e. The van der Waals surface area contributed by atoms with Gasteiger partial charge in [0, 0.05) is 36.2 Å². The predicted molar refractivity (Wildman–Crippen MR) is 224 cm³/mol. The maximum atomic E-state index is 14.9. The summed E-state index contributed by atoms with van der Waals surface area (Å²) >= 11 is 0. The number of hydrogen-bond acceptors (Lipinski definition) is 12. The van der Waals surface area contributed by atoms with Crippen LogP contribution in [0.4, 0.5) is 23.7 Å². The third kappa shape index (κ3) is 9.52. The second-order valence-corrected chi connectivity index (χ2v) is 20.6. The number of allylic oxidation sites excluding steroid dienone is 1. The van der Waals surface area contributed by atoms with E-state index in [4.69, 9.17) is 18.9 Å². The number of sulfonamides is 1. The molecule has 2 aliphatic carbocycles. The van der Waals surface area contributed by atoms with Gasteiger partial charge in [0.1, 0.15) is 29.5 Å². The summed E-state index contributed by atoms with van der Waals surface area (Å²) in [5.41, 5.74) is -3.73. The number of anilines is 1. The second kappa shape index (κ2) is 17.3. The Kier molecular flexibility index (Phi) is 12.6. The number of aromatic nitrogens is 1. The van der Waals surface area contributed by atoms with Crippen LogP contribution < -0.4 is 29.7 Å². The van der Waals surface area contributed by atoms with Gasteiger partial charge in [0.05, 0.1) is 43.5 Å². The molecule has 0 unspecified atom stereocenters. The molecule has 1 aromatic heterocycles. The lowest BCUT2D eigenvalue weighted by Gasteiger charge is -2.34. The smallest absolute Gasteiger partial charge is 0.427 e. The van der Waals surface area contributed by atoms with Gasteiger partial charge < -0.3 is 39.4 Å². The third-order valence-electron chi connectivity index (χ3n) is 13.2. The molecule has 7 rings (SSSR count). The molecule has 63 heavy (non-hydrogen) atoms. The quantitative estimate of drug-likeness (QED) is 0.293. The van der Waals surface area contributed by atoms with Crippen LogP contribution in [0.2, 0.25) is 0 Å². The first-order chi connectivity index (χ1) is 29.6. The van der Waals surface area contributed by atoms with Crippen LogP contribution in [0.5, 0.6) is 11.6 Å². The van der Waals surface area contributed by atoms with Gasteiger partial charge in [0.15, 0.2) is 0 Å². The first-order valence-corrected chi connectivity index (χ1v) is 22.9. The van der Waals surface area contributed by atoms with Crippen molar-refractivity contribution in [2.45, 2.75) is 120 Å². The zero-order chi connectivity index (χ0) is 45.7. The molecular formula is C43H57F3N6O10S. The number of halogens is 3. The molecule has 4 heterocycles. The van der Waals surface area contributed by atoms with Crippen molar-refractivity contribution in [1.29, 1.82) is 0 Å². The van der Waals surface area contributed by atoms with E-state index >= 15 is 0 Å². The fourth-order valence-electron chi connectivity index (χ4n) is 8.66. The van der Waals surface area contributed by atoms with Crippen LogP contribution in [0.3, 0.4) is 0 Å². The number of carbonyl (C=O) groups is 4. The number of hydrogen-bond donors (Lipinski definition) is 3. The van der Waals surface area contributed by atoms with Gasteiger partial charge in [0.2, 0.25) is 33.3 Å². The minimum absolute atomic E-state index is 0.0465. The molecule has 1 aromatic carbocycles. The highest BCUT2D eigenvalue weighted by Crippen LogP contribution is 2.48. The number of fused-ring (bicyclic) bond motifs is 3. The van der Waals surface area contributed by atoms with Crippen LogP contribution in [-0.2, 0) is 33.9 Å². The second-order valence-electron chi connectivity index (χ2n) is 18.4. The zero-order valence-electron chi connectivity index (χ0n) is 36.4. The Morgan fingerprint density at radius 2 is 1.78 bits per heavy atom. The van der Waals surface area contributed by atoms with Crippen molar-refractivity contribution in [3.8, 4) is 11.6 Å². The van der Waals surface area contributed by atoms with Crippen LogP contribution in [-0.4, -0.2) is 122 Å². The lowest BCUT2D eigenvalue weighted by molar-refractivity contribution is -0.244. The lowest BCUT2D eigenvalue weighted by atomic mass is 9.88. The van der Waals surface area contributed by atoms with Crippen LogP contribution in [0.1, 0.15) is 79.6 Å². The molecule has 5 aliphatic rings. The standard InChI is InChI=1S/C43H57F3N6O10S/c1-25-9-7-8-10-27-22-42(27,38(55)50-63(57,58)41(5)13-14-41)49-35(53)32-21-29(24-52(32)37(54)34(26(2)19-25)48-39(56)62-40(3,4)43(44,45)46)61-36-30-12-11-28(59-6)20-31(30)33(23-47-36)51-15-17-60-18-16-51/h8,10-12,20,23,25-27,29,32,34H,7,9,13-19,21-22,24H2,1-6H3,(H,48,56)(H,49,53)(H,50,55)/t25-,26-,27-,29-,32+,34+,42-/m1/s1. The molecule has 3 aliphatic heterocycles. The van der Waals surface area contributed by atoms with Crippen molar-refractivity contribution >= 4 is 50.3 Å². The Morgan fingerprint density at radius 3 is 2.44 bits per heavy atom. The number of nitrogens with one attached hydrogen (secondary N) is 3. The molecule has 20 heteroatoms. The topological polar surface area (TPSA) is 195 Å². The number of ether oxygens (including phenoxy) is 4. The van der Waals surface area contributed by atoms with Gasteiger partial charge in [-0.1, -0.05) is 26.0 Å². The van der Waals surface area contributed by atoms with E-state index in [1.165, 1.54) is 4.90 Å². The Bertz CT molecular complexity index is 2250. The van der Waals surface area contributed by atoms with Gasteiger partial charge in [-0.25, -0.2) is 18.2 Å². The number of rotatable bonds is 9. The van der Waals surface area contributed by atoms with Crippen molar-refractivity contribution in [2.24, 2.45) is 17.8 Å². The highest BCUT2D eigenvalue weighted by atomic mass is 32.2. The largest absolute Gasteiger partial charge is 0.497 e. The molecule has 4 amide bonds. The number of morpholine rings is 1. The van der Waals surface area contributed by atoms with Crippen molar-refractivity contribution in [1.82, 2.24) is 25.2 Å². The minimum Gasteiger partial charge on any atom is -0.497 e. The van der Waals surface area contributed by atoms with E-state index in [2.05, 4.69) is 25.2 Å². The molecule has 0 spiro atoms. The van der Waals surface area contributed by atoms with E-state index in [0.717, 1.165) is 11.1 Å². The van der Waals surface area contributed by atoms with Crippen LogP contribution in [0.15, 0.2) is 36.5 Å². The molecule has 2 saturated heterocycles. The Balaban J connectivity index is 1.24. The summed E-state index contributed by atoms with van der Waals surface area (Å²) in [4.78, 5) is 64.9. The average molecular weight is 907 g/mol. The monoisotopic (exact) mass is 906 g/mol. The fourth-order valence-corrected chi connectivity index (χ4v) is 9.97. The molecular weight excluding hydrogens is 850 g/mol. The van der Waals surface area contributed by atoms with Crippen molar-refractivity contribution < 1.29 is 59.7 Å². The first-order valence-electron chi connectivity index (χ1n) is 21.5. The Morgan fingerprint density at radius 1 is 1.06 bits per heavy atom. The van der Waals surface area contributed by atoms with Crippen LogP contribution in [0.25, 0.3) is 10.8 Å². The third-order valence-corrected chi connectivity index (χ3v) is 15.4. The zero-order valence-corrected chi connectivity index (χ0v) is 37.2. The molecule has 2 saturated carbocycles. The number of alkyl halides is 3. The number of benzene rings is 1. The van der Waals surface area contributed by atoms with Gasteiger partial charge in [0.25, 0.3) is 5.91 Å². The summed E-state index contributed by atoms with van der Waals surface area (Å²) in [5, 5.41) is 6.61. The predicted octanol–water partition coefficient (Wildman–Crippen LogP) is 4.75. The number of pyridine rings is 1. The number of carbonyl (C=O) groups excluding carboxylic acids is 4. The van der Waals surface area contributed by atoms with Crippen molar-refractivity contribution in [3.05, 3.63) is 36.5 Å². The Labute approximate surface area is 365 Å². The number of methoxy groups -OCH3 is 1. The van der Waals surface area contributed by atoms with Gasteiger partial charge >= 0.3 is 12.3 Å². The molecule has 4 fully saturated rings. The highest BCUT2D eigenvalue weighted by Gasteiger charge is 2.63. The molecule has 2 aromatic rings. The van der Waals surface area contributed by atoms with E-state index in [1.54, 1.807) is 45.4 Å². The highest BCUT2D eigenvalue weighted by molar-refractivity contribution is 7.91. The molecule has 0 bridgehead atoms. The summed E-state index contributed by atoms with van der Waals surface area (Å²) < 4.78 is 91.6. The summed E-state index contributed by atoms with van der Waals surface area (Å²) in [6, 6.07) is 2.62. The van der Waals surface area contributed by atoms with Gasteiger partial charge in [-0.05, 0) is 89.3 Å². The number of nitrogens with zero attached hydrogens (tertiary/aromatic N) is 3. The fraction of sp³-hybridized carbons (Fsp3) is 0.651. The maximum absolute atomic E-state index is 14.9. The van der Waals surface area contributed by atoms with Gasteiger partial charge in [-0.2, -0.15) is 13.2 Å². The lowest BCUT2D eigenvalue weighted by Crippen LogP contribution is -2.59. The van der Waals surface area contributed by atoms with Gasteiger partial charge in [-0.15, -0.1) is 0 Å². The molecule has 3 N–H and O–H groups in total.